The second kappa shape index (κ2) is 3.26. The standard InChI is InChI=1S/C7H6ClFS/c8-7-3-6(9)2-1-5(7)4-10/h1-3,10H,4H2. The summed E-state index contributed by atoms with van der Waals surface area (Å²) in [4.78, 5) is 0. The molecule has 0 N–H and O–H groups in total. The smallest absolute Gasteiger partial charge is 0.124 e. The highest BCUT2D eigenvalue weighted by atomic mass is 35.5. The minimum atomic E-state index is -0.310. The average molecular weight is 177 g/mol. The second-order valence-electron chi connectivity index (χ2n) is 1.89. The monoisotopic (exact) mass is 176 g/mol. The van der Waals surface area contributed by atoms with Crippen LogP contribution >= 0.6 is 24.2 Å². The molecule has 0 atom stereocenters. The molecule has 0 radical (unpaired) electrons. The molecule has 0 spiro atoms. The van der Waals surface area contributed by atoms with E-state index in [-0.39, 0.29) is 5.82 Å². The SMILES string of the molecule is Fc1ccc(CS)c(Cl)c1. The second-order valence-corrected chi connectivity index (χ2v) is 2.62. The zero-order valence-corrected chi connectivity index (χ0v) is 6.79. The van der Waals surface area contributed by atoms with Gasteiger partial charge in [-0.15, -0.1) is 0 Å². The average Bonchev–Trinajstić information content (AvgIpc) is 1.88. The molecule has 1 rings (SSSR count). The van der Waals surface area contributed by atoms with Crippen LogP contribution in [0.15, 0.2) is 18.2 Å². The molecule has 0 aliphatic rings. The summed E-state index contributed by atoms with van der Waals surface area (Å²) in [6, 6.07) is 4.29. The van der Waals surface area contributed by atoms with E-state index in [1.807, 2.05) is 0 Å². The van der Waals surface area contributed by atoms with Crippen molar-refractivity contribution in [3.63, 3.8) is 0 Å². The van der Waals surface area contributed by atoms with Gasteiger partial charge in [-0.2, -0.15) is 12.6 Å². The summed E-state index contributed by atoms with van der Waals surface area (Å²) >= 11 is 9.65. The molecule has 0 unspecified atom stereocenters. The highest BCUT2D eigenvalue weighted by molar-refractivity contribution is 7.79. The van der Waals surface area contributed by atoms with Crippen LogP contribution in [-0.4, -0.2) is 0 Å². The summed E-state index contributed by atoms with van der Waals surface area (Å²) in [6.45, 7) is 0. The van der Waals surface area contributed by atoms with Crippen LogP contribution in [0.2, 0.25) is 5.02 Å². The summed E-state index contributed by atoms with van der Waals surface area (Å²) in [7, 11) is 0. The lowest BCUT2D eigenvalue weighted by Crippen LogP contribution is -1.80. The van der Waals surface area contributed by atoms with Crippen molar-refractivity contribution in [1.29, 1.82) is 0 Å². The quantitative estimate of drug-likeness (QED) is 0.625. The first-order valence-electron chi connectivity index (χ1n) is 2.79. The van der Waals surface area contributed by atoms with Crippen molar-refractivity contribution in [2.75, 3.05) is 0 Å². The maximum atomic E-state index is 12.4. The van der Waals surface area contributed by atoms with Gasteiger partial charge in [0.05, 0.1) is 0 Å². The molecule has 0 aliphatic heterocycles. The van der Waals surface area contributed by atoms with Gasteiger partial charge in [-0.05, 0) is 17.7 Å². The molecule has 0 fully saturated rings. The van der Waals surface area contributed by atoms with Crippen LogP contribution in [0.5, 0.6) is 0 Å². The molecule has 0 saturated carbocycles. The van der Waals surface area contributed by atoms with E-state index in [4.69, 9.17) is 11.6 Å². The van der Waals surface area contributed by atoms with Crippen LogP contribution in [0.1, 0.15) is 5.56 Å². The third kappa shape index (κ3) is 1.64. The van der Waals surface area contributed by atoms with Crippen molar-refractivity contribution in [1.82, 2.24) is 0 Å². The Morgan fingerprint density at radius 2 is 2.20 bits per heavy atom. The Morgan fingerprint density at radius 3 is 2.70 bits per heavy atom. The third-order valence-electron chi connectivity index (χ3n) is 1.19. The van der Waals surface area contributed by atoms with E-state index in [9.17, 15) is 4.39 Å². The Kier molecular flexibility index (Phi) is 2.57. The Labute approximate surface area is 69.4 Å². The zero-order valence-electron chi connectivity index (χ0n) is 5.14. The van der Waals surface area contributed by atoms with Crippen molar-refractivity contribution < 1.29 is 4.39 Å². The first-order valence-corrected chi connectivity index (χ1v) is 3.80. The molecule has 3 heteroatoms. The lowest BCUT2D eigenvalue weighted by Gasteiger charge is -1.97. The maximum absolute atomic E-state index is 12.4. The lowest BCUT2D eigenvalue weighted by molar-refractivity contribution is 0.627. The van der Waals surface area contributed by atoms with Gasteiger partial charge < -0.3 is 0 Å². The van der Waals surface area contributed by atoms with Gasteiger partial charge in [0.2, 0.25) is 0 Å². The Bertz CT molecular complexity index is 237. The van der Waals surface area contributed by atoms with Crippen molar-refractivity contribution in [2.24, 2.45) is 0 Å². The number of benzene rings is 1. The maximum Gasteiger partial charge on any atom is 0.124 e. The van der Waals surface area contributed by atoms with Crippen molar-refractivity contribution in [3.05, 3.63) is 34.6 Å². The summed E-state index contributed by atoms with van der Waals surface area (Å²) in [5, 5.41) is 0.440. The van der Waals surface area contributed by atoms with Gasteiger partial charge in [-0.3, -0.25) is 0 Å². The molecule has 0 amide bonds. The summed E-state index contributed by atoms with van der Waals surface area (Å²) in [5.74, 6) is 0.231. The molecule has 1 aromatic rings. The molecule has 10 heavy (non-hydrogen) atoms. The number of rotatable bonds is 1. The summed E-state index contributed by atoms with van der Waals surface area (Å²) < 4.78 is 12.4. The molecule has 0 bridgehead atoms. The predicted molar refractivity (Wildman–Crippen MR) is 44.1 cm³/mol. The van der Waals surface area contributed by atoms with Crippen LogP contribution in [-0.2, 0) is 5.75 Å². The normalized spacial score (nSPS) is 9.90. The largest absolute Gasteiger partial charge is 0.207 e. The molecule has 1 aromatic carbocycles. The van der Waals surface area contributed by atoms with E-state index in [2.05, 4.69) is 12.6 Å². The van der Waals surface area contributed by atoms with E-state index in [0.29, 0.717) is 10.8 Å². The lowest BCUT2D eigenvalue weighted by atomic mass is 10.2. The van der Waals surface area contributed by atoms with Crippen molar-refractivity contribution in [2.45, 2.75) is 5.75 Å². The van der Waals surface area contributed by atoms with Crippen LogP contribution in [0, 0.1) is 5.82 Å². The molecule has 0 heterocycles. The Balaban J connectivity index is 3.07. The van der Waals surface area contributed by atoms with Gasteiger partial charge in [-0.25, -0.2) is 4.39 Å². The van der Waals surface area contributed by atoms with Crippen molar-refractivity contribution >= 4 is 24.2 Å². The van der Waals surface area contributed by atoms with Gasteiger partial charge in [0.15, 0.2) is 0 Å². The fraction of sp³-hybridized carbons (Fsp3) is 0.143. The first-order chi connectivity index (χ1) is 4.74. The molecule has 0 aromatic heterocycles. The van der Waals surface area contributed by atoms with Crippen LogP contribution in [0.3, 0.4) is 0 Å². The predicted octanol–water partition coefficient (Wildman–Crippen LogP) is 2.91. The van der Waals surface area contributed by atoms with Gasteiger partial charge in [0.25, 0.3) is 0 Å². The van der Waals surface area contributed by atoms with Gasteiger partial charge in [0.1, 0.15) is 5.82 Å². The first kappa shape index (κ1) is 7.89. The van der Waals surface area contributed by atoms with E-state index in [1.165, 1.54) is 12.1 Å². The molecule has 0 nitrogen and oxygen atoms in total. The zero-order chi connectivity index (χ0) is 7.56. The minimum Gasteiger partial charge on any atom is -0.207 e. The van der Waals surface area contributed by atoms with E-state index < -0.39 is 0 Å². The fourth-order valence-corrected chi connectivity index (χ4v) is 1.25. The number of hydrogen-bond acceptors (Lipinski definition) is 1. The highest BCUT2D eigenvalue weighted by Crippen LogP contribution is 2.18. The fourth-order valence-electron chi connectivity index (χ4n) is 0.650. The molecule has 0 aliphatic carbocycles. The van der Waals surface area contributed by atoms with E-state index >= 15 is 0 Å². The van der Waals surface area contributed by atoms with E-state index in [0.717, 1.165) is 5.56 Å². The topological polar surface area (TPSA) is 0 Å². The van der Waals surface area contributed by atoms with E-state index in [1.54, 1.807) is 6.07 Å². The van der Waals surface area contributed by atoms with Gasteiger partial charge >= 0.3 is 0 Å². The third-order valence-corrected chi connectivity index (χ3v) is 1.88. The van der Waals surface area contributed by atoms with Gasteiger partial charge in [0, 0.05) is 10.8 Å². The minimum absolute atomic E-state index is 0.310. The highest BCUT2D eigenvalue weighted by Gasteiger charge is 1.97. The summed E-state index contributed by atoms with van der Waals surface area (Å²) in [5.41, 5.74) is 0.853. The van der Waals surface area contributed by atoms with Crippen LogP contribution < -0.4 is 0 Å². The summed E-state index contributed by atoms with van der Waals surface area (Å²) in [6.07, 6.45) is 0. The molecule has 0 saturated heterocycles. The molecular formula is C7H6ClFS. The number of halogens is 2. The molecular weight excluding hydrogens is 171 g/mol. The van der Waals surface area contributed by atoms with Crippen LogP contribution in [0.25, 0.3) is 0 Å². The number of hydrogen-bond donors (Lipinski definition) is 1. The van der Waals surface area contributed by atoms with Crippen molar-refractivity contribution in [3.8, 4) is 0 Å². The van der Waals surface area contributed by atoms with Crippen LogP contribution in [0.4, 0.5) is 4.39 Å². The Hall–Kier alpha value is -0.210. The van der Waals surface area contributed by atoms with Gasteiger partial charge in [-0.1, -0.05) is 17.7 Å². The Morgan fingerprint density at radius 1 is 1.50 bits per heavy atom. The molecule has 54 valence electrons. The number of thiol groups is 1.